The van der Waals surface area contributed by atoms with E-state index >= 15 is 0 Å². The van der Waals surface area contributed by atoms with Crippen LogP contribution in [0.15, 0.2) is 78.9 Å². The van der Waals surface area contributed by atoms with Gasteiger partial charge in [-0.15, -0.1) is 0 Å². The molecule has 1 amide bonds. The van der Waals surface area contributed by atoms with Crippen molar-refractivity contribution in [3.63, 3.8) is 0 Å². The van der Waals surface area contributed by atoms with E-state index in [4.69, 9.17) is 16.3 Å². The third-order valence-electron chi connectivity index (χ3n) is 3.76. The van der Waals surface area contributed by atoms with Crippen molar-refractivity contribution in [2.45, 2.75) is 6.61 Å². The average Bonchev–Trinajstić information content (AvgIpc) is 2.68. The maximum Gasteiger partial charge on any atom is 0.338 e. The van der Waals surface area contributed by atoms with Crippen LogP contribution >= 0.6 is 11.6 Å². The van der Waals surface area contributed by atoms with Crippen LogP contribution in [0.1, 0.15) is 26.3 Å². The lowest BCUT2D eigenvalue weighted by Gasteiger charge is -2.13. The van der Waals surface area contributed by atoms with E-state index in [0.29, 0.717) is 27.4 Å². The molecule has 0 bridgehead atoms. The highest BCUT2D eigenvalue weighted by atomic mass is 35.5. The monoisotopic (exact) mass is 365 g/mol. The standard InChI is InChI=1S/C21H16ClNO3/c22-18-12-7-13-19(23-20(24)15-8-3-1-4-9-15)17(18)14-26-21(25)16-10-5-2-6-11-16/h1-13H,14H2,(H,23,24). The first-order chi connectivity index (χ1) is 12.6. The first-order valence-electron chi connectivity index (χ1n) is 8.01. The van der Waals surface area contributed by atoms with Crippen LogP contribution in [0.3, 0.4) is 0 Å². The van der Waals surface area contributed by atoms with Crippen molar-refractivity contribution >= 4 is 29.2 Å². The molecule has 0 aromatic heterocycles. The third-order valence-corrected chi connectivity index (χ3v) is 4.11. The van der Waals surface area contributed by atoms with E-state index in [1.807, 2.05) is 12.1 Å². The number of esters is 1. The summed E-state index contributed by atoms with van der Waals surface area (Å²) < 4.78 is 5.35. The van der Waals surface area contributed by atoms with Crippen LogP contribution in [0.4, 0.5) is 5.69 Å². The summed E-state index contributed by atoms with van der Waals surface area (Å²) in [6.45, 7) is -0.0438. The molecule has 0 atom stereocenters. The SMILES string of the molecule is O=C(Nc1cccc(Cl)c1COC(=O)c1ccccc1)c1ccccc1. The van der Waals surface area contributed by atoms with Crippen molar-refractivity contribution in [1.82, 2.24) is 0 Å². The summed E-state index contributed by atoms with van der Waals surface area (Å²) in [4.78, 5) is 24.5. The first kappa shape index (κ1) is 17.7. The number of nitrogens with one attached hydrogen (secondary N) is 1. The second-order valence-corrected chi connectivity index (χ2v) is 5.94. The van der Waals surface area contributed by atoms with E-state index in [-0.39, 0.29) is 12.5 Å². The molecule has 4 nitrogen and oxygen atoms in total. The molecular weight excluding hydrogens is 350 g/mol. The van der Waals surface area contributed by atoms with Gasteiger partial charge in [0.25, 0.3) is 5.91 Å². The molecule has 3 aromatic carbocycles. The molecule has 1 N–H and O–H groups in total. The normalized spacial score (nSPS) is 10.2. The first-order valence-corrected chi connectivity index (χ1v) is 8.39. The quantitative estimate of drug-likeness (QED) is 0.651. The molecule has 3 aromatic rings. The summed E-state index contributed by atoms with van der Waals surface area (Å²) in [5, 5.41) is 3.23. The zero-order valence-electron chi connectivity index (χ0n) is 13.8. The van der Waals surface area contributed by atoms with Gasteiger partial charge in [0.15, 0.2) is 0 Å². The fraction of sp³-hybridized carbons (Fsp3) is 0.0476. The van der Waals surface area contributed by atoms with E-state index in [1.54, 1.807) is 66.7 Å². The number of benzene rings is 3. The van der Waals surface area contributed by atoms with E-state index in [2.05, 4.69) is 5.32 Å². The Hall–Kier alpha value is -3.11. The topological polar surface area (TPSA) is 55.4 Å². The molecule has 0 radical (unpaired) electrons. The number of hydrogen-bond acceptors (Lipinski definition) is 3. The van der Waals surface area contributed by atoms with Gasteiger partial charge in [0.05, 0.1) is 5.56 Å². The Balaban J connectivity index is 1.75. The zero-order valence-corrected chi connectivity index (χ0v) is 14.6. The lowest BCUT2D eigenvalue weighted by Crippen LogP contribution is -2.14. The Bertz CT molecular complexity index is 911. The molecule has 26 heavy (non-hydrogen) atoms. The Labute approximate surface area is 156 Å². The van der Waals surface area contributed by atoms with Crippen molar-refractivity contribution in [3.8, 4) is 0 Å². The summed E-state index contributed by atoms with van der Waals surface area (Å²) in [5.41, 5.74) is 2.03. The minimum absolute atomic E-state index is 0.0438. The number of halogens is 1. The number of rotatable bonds is 5. The molecular formula is C21H16ClNO3. The van der Waals surface area contributed by atoms with Gasteiger partial charge in [-0.05, 0) is 36.4 Å². The van der Waals surface area contributed by atoms with Crippen molar-refractivity contribution in [2.75, 3.05) is 5.32 Å². The molecule has 0 aliphatic heterocycles. The second-order valence-electron chi connectivity index (χ2n) is 5.53. The number of amides is 1. The van der Waals surface area contributed by atoms with Gasteiger partial charge >= 0.3 is 5.97 Å². The minimum atomic E-state index is -0.453. The number of carbonyl (C=O) groups excluding carboxylic acids is 2. The van der Waals surface area contributed by atoms with Gasteiger partial charge in [0, 0.05) is 21.8 Å². The minimum Gasteiger partial charge on any atom is -0.457 e. The highest BCUT2D eigenvalue weighted by Crippen LogP contribution is 2.26. The van der Waals surface area contributed by atoms with E-state index in [0.717, 1.165) is 0 Å². The Morgan fingerprint density at radius 1 is 0.808 bits per heavy atom. The van der Waals surface area contributed by atoms with Gasteiger partial charge in [-0.2, -0.15) is 0 Å². The Kier molecular flexibility index (Phi) is 5.66. The highest BCUT2D eigenvalue weighted by molar-refractivity contribution is 6.31. The molecule has 0 fully saturated rings. The van der Waals surface area contributed by atoms with E-state index in [1.165, 1.54) is 0 Å². The van der Waals surface area contributed by atoms with Gasteiger partial charge in [-0.1, -0.05) is 54.1 Å². The molecule has 0 spiro atoms. The van der Waals surface area contributed by atoms with Gasteiger partial charge in [-0.25, -0.2) is 4.79 Å². The van der Waals surface area contributed by atoms with Gasteiger partial charge in [-0.3, -0.25) is 4.79 Å². The number of hydrogen-bond donors (Lipinski definition) is 1. The molecule has 0 saturated carbocycles. The Morgan fingerprint density at radius 3 is 2.08 bits per heavy atom. The van der Waals surface area contributed by atoms with Crippen LogP contribution in [0.2, 0.25) is 5.02 Å². The zero-order chi connectivity index (χ0) is 18.4. The number of ether oxygens (including phenoxy) is 1. The molecule has 0 saturated heterocycles. The summed E-state index contributed by atoms with van der Waals surface area (Å²) in [7, 11) is 0. The fourth-order valence-corrected chi connectivity index (χ4v) is 2.63. The largest absolute Gasteiger partial charge is 0.457 e. The summed E-state index contributed by atoms with van der Waals surface area (Å²) in [5.74, 6) is -0.714. The number of carbonyl (C=O) groups is 2. The molecule has 0 aliphatic carbocycles. The second kappa shape index (κ2) is 8.32. The van der Waals surface area contributed by atoms with E-state index < -0.39 is 5.97 Å². The third kappa shape index (κ3) is 4.29. The molecule has 0 heterocycles. The fourth-order valence-electron chi connectivity index (χ4n) is 2.40. The van der Waals surface area contributed by atoms with Gasteiger partial charge < -0.3 is 10.1 Å². The van der Waals surface area contributed by atoms with Crippen molar-refractivity contribution in [1.29, 1.82) is 0 Å². The smallest absolute Gasteiger partial charge is 0.338 e. The average molecular weight is 366 g/mol. The lowest BCUT2D eigenvalue weighted by molar-refractivity contribution is 0.0474. The molecule has 0 aliphatic rings. The molecule has 5 heteroatoms. The van der Waals surface area contributed by atoms with E-state index in [9.17, 15) is 9.59 Å². The van der Waals surface area contributed by atoms with Gasteiger partial charge in [0.2, 0.25) is 0 Å². The van der Waals surface area contributed by atoms with Crippen molar-refractivity contribution in [2.24, 2.45) is 0 Å². The maximum absolute atomic E-state index is 12.4. The molecule has 3 rings (SSSR count). The van der Waals surface area contributed by atoms with Gasteiger partial charge in [0.1, 0.15) is 6.61 Å². The van der Waals surface area contributed by atoms with Crippen LogP contribution < -0.4 is 5.32 Å². The van der Waals surface area contributed by atoms with Crippen LogP contribution in [-0.2, 0) is 11.3 Å². The van der Waals surface area contributed by atoms with Crippen LogP contribution in [0.25, 0.3) is 0 Å². The van der Waals surface area contributed by atoms with Crippen LogP contribution in [-0.4, -0.2) is 11.9 Å². The lowest BCUT2D eigenvalue weighted by atomic mass is 10.1. The summed E-state index contributed by atoms with van der Waals surface area (Å²) in [6, 6.07) is 22.7. The maximum atomic E-state index is 12.4. The predicted octanol–water partition coefficient (Wildman–Crippen LogP) is 4.95. The predicted molar refractivity (Wildman–Crippen MR) is 101 cm³/mol. The van der Waals surface area contributed by atoms with Crippen LogP contribution in [0, 0.1) is 0 Å². The molecule has 130 valence electrons. The Morgan fingerprint density at radius 2 is 1.42 bits per heavy atom. The van der Waals surface area contributed by atoms with Crippen LogP contribution in [0.5, 0.6) is 0 Å². The highest BCUT2D eigenvalue weighted by Gasteiger charge is 2.14. The number of anilines is 1. The summed E-state index contributed by atoms with van der Waals surface area (Å²) in [6.07, 6.45) is 0. The van der Waals surface area contributed by atoms with Crippen molar-refractivity contribution < 1.29 is 14.3 Å². The van der Waals surface area contributed by atoms with Crippen molar-refractivity contribution in [3.05, 3.63) is 101 Å². The molecule has 0 unspecified atom stereocenters. The summed E-state index contributed by atoms with van der Waals surface area (Å²) >= 11 is 6.25.